The SMILES string of the molecule is CCOC(=O)COc1ccccc1C(=O)c1cnc(-c2ccccc2)s1. The third kappa shape index (κ3) is 4.15. The van der Waals surface area contributed by atoms with Gasteiger partial charge in [-0.25, -0.2) is 9.78 Å². The third-order valence-electron chi connectivity index (χ3n) is 3.53. The first kappa shape index (κ1) is 17.8. The lowest BCUT2D eigenvalue weighted by Gasteiger charge is -2.09. The summed E-state index contributed by atoms with van der Waals surface area (Å²) < 4.78 is 10.3. The molecule has 0 spiro atoms. The second-order valence-electron chi connectivity index (χ2n) is 5.31. The monoisotopic (exact) mass is 367 g/mol. The number of benzene rings is 2. The lowest BCUT2D eigenvalue weighted by Crippen LogP contribution is -2.16. The van der Waals surface area contributed by atoms with Gasteiger partial charge in [0.05, 0.1) is 17.0 Å². The second-order valence-corrected chi connectivity index (χ2v) is 6.35. The molecule has 132 valence electrons. The van der Waals surface area contributed by atoms with Gasteiger partial charge >= 0.3 is 5.97 Å². The van der Waals surface area contributed by atoms with Gasteiger partial charge in [0.1, 0.15) is 10.8 Å². The van der Waals surface area contributed by atoms with Crippen molar-refractivity contribution in [3.8, 4) is 16.3 Å². The predicted octanol–water partition coefficient (Wildman–Crippen LogP) is 3.98. The summed E-state index contributed by atoms with van der Waals surface area (Å²) in [5.41, 5.74) is 1.35. The first-order valence-electron chi connectivity index (χ1n) is 8.12. The van der Waals surface area contributed by atoms with Gasteiger partial charge in [-0.3, -0.25) is 4.79 Å². The average molecular weight is 367 g/mol. The molecule has 0 saturated carbocycles. The van der Waals surface area contributed by atoms with Gasteiger partial charge < -0.3 is 9.47 Å². The van der Waals surface area contributed by atoms with Crippen molar-refractivity contribution in [2.24, 2.45) is 0 Å². The summed E-state index contributed by atoms with van der Waals surface area (Å²) in [7, 11) is 0. The number of carbonyl (C=O) groups is 2. The number of aromatic nitrogens is 1. The second kappa shape index (κ2) is 8.40. The van der Waals surface area contributed by atoms with Crippen molar-refractivity contribution in [3.05, 3.63) is 71.2 Å². The molecule has 0 saturated heterocycles. The van der Waals surface area contributed by atoms with Crippen LogP contribution < -0.4 is 4.74 Å². The smallest absolute Gasteiger partial charge is 0.344 e. The van der Waals surface area contributed by atoms with Gasteiger partial charge in [-0.1, -0.05) is 42.5 Å². The maximum absolute atomic E-state index is 12.9. The van der Waals surface area contributed by atoms with Gasteiger partial charge in [0.2, 0.25) is 5.78 Å². The van der Waals surface area contributed by atoms with E-state index in [1.165, 1.54) is 11.3 Å². The Kier molecular flexibility index (Phi) is 5.76. The molecule has 5 nitrogen and oxygen atoms in total. The van der Waals surface area contributed by atoms with E-state index in [1.807, 2.05) is 30.3 Å². The molecular formula is C20H17NO4S. The van der Waals surface area contributed by atoms with Crippen LogP contribution in [0.3, 0.4) is 0 Å². The van der Waals surface area contributed by atoms with E-state index < -0.39 is 5.97 Å². The third-order valence-corrected chi connectivity index (χ3v) is 4.58. The summed E-state index contributed by atoms with van der Waals surface area (Å²) in [6, 6.07) is 16.5. The predicted molar refractivity (Wildman–Crippen MR) is 99.6 cm³/mol. The summed E-state index contributed by atoms with van der Waals surface area (Å²) >= 11 is 1.32. The molecule has 1 heterocycles. The molecule has 26 heavy (non-hydrogen) atoms. The van der Waals surface area contributed by atoms with Crippen molar-refractivity contribution in [1.29, 1.82) is 0 Å². The molecule has 0 aliphatic carbocycles. The van der Waals surface area contributed by atoms with Crippen LogP contribution >= 0.6 is 11.3 Å². The number of hydrogen-bond donors (Lipinski definition) is 0. The Morgan fingerprint density at radius 2 is 1.77 bits per heavy atom. The Bertz CT molecular complexity index is 905. The van der Waals surface area contributed by atoms with Crippen LogP contribution in [-0.2, 0) is 9.53 Å². The Labute approximate surface area is 155 Å². The number of esters is 1. The van der Waals surface area contributed by atoms with Crippen molar-refractivity contribution >= 4 is 23.1 Å². The first-order chi connectivity index (χ1) is 12.7. The zero-order chi connectivity index (χ0) is 18.4. The molecule has 6 heteroatoms. The fraction of sp³-hybridized carbons (Fsp3) is 0.150. The zero-order valence-electron chi connectivity index (χ0n) is 14.2. The molecule has 3 rings (SSSR count). The minimum atomic E-state index is -0.473. The lowest BCUT2D eigenvalue weighted by atomic mass is 10.1. The number of hydrogen-bond acceptors (Lipinski definition) is 6. The van der Waals surface area contributed by atoms with Crippen LogP contribution in [0.5, 0.6) is 5.75 Å². The Hall–Kier alpha value is -2.99. The molecule has 1 aromatic heterocycles. The standard InChI is InChI=1S/C20H17NO4S/c1-2-24-18(22)13-25-16-11-7-6-10-15(16)19(23)17-12-21-20(26-17)14-8-4-3-5-9-14/h3-12H,2,13H2,1H3. The summed E-state index contributed by atoms with van der Waals surface area (Å²) in [4.78, 5) is 29.2. The molecule has 0 N–H and O–H groups in total. The topological polar surface area (TPSA) is 65.5 Å². The molecule has 0 fully saturated rings. The van der Waals surface area contributed by atoms with Crippen molar-refractivity contribution in [2.75, 3.05) is 13.2 Å². The summed E-state index contributed by atoms with van der Waals surface area (Å²) in [6.45, 7) is 1.77. The highest BCUT2D eigenvalue weighted by Gasteiger charge is 2.18. The van der Waals surface area contributed by atoms with Gasteiger partial charge in [-0.05, 0) is 19.1 Å². The molecule has 0 radical (unpaired) electrons. The fourth-order valence-corrected chi connectivity index (χ4v) is 3.22. The van der Waals surface area contributed by atoms with E-state index in [0.29, 0.717) is 16.2 Å². The molecule has 0 aliphatic heterocycles. The van der Waals surface area contributed by atoms with Gasteiger partial charge in [-0.2, -0.15) is 0 Å². The number of ketones is 1. The van der Waals surface area contributed by atoms with E-state index in [2.05, 4.69) is 4.98 Å². The maximum atomic E-state index is 12.9. The quantitative estimate of drug-likeness (QED) is 0.467. The van der Waals surface area contributed by atoms with Crippen LogP contribution in [0.15, 0.2) is 60.8 Å². The largest absolute Gasteiger partial charge is 0.481 e. The van der Waals surface area contributed by atoms with E-state index in [4.69, 9.17) is 9.47 Å². The molecule has 0 atom stereocenters. The number of thiazole rings is 1. The van der Waals surface area contributed by atoms with E-state index in [-0.39, 0.29) is 19.0 Å². The van der Waals surface area contributed by atoms with E-state index in [9.17, 15) is 9.59 Å². The van der Waals surface area contributed by atoms with Crippen LogP contribution in [0.25, 0.3) is 10.6 Å². The number of carbonyl (C=O) groups excluding carboxylic acids is 2. The van der Waals surface area contributed by atoms with Crippen molar-refractivity contribution in [1.82, 2.24) is 4.98 Å². The van der Waals surface area contributed by atoms with Gasteiger partial charge in [-0.15, -0.1) is 11.3 Å². The van der Waals surface area contributed by atoms with E-state index >= 15 is 0 Å². The minimum Gasteiger partial charge on any atom is -0.481 e. The van der Waals surface area contributed by atoms with Crippen molar-refractivity contribution in [3.63, 3.8) is 0 Å². The first-order valence-corrected chi connectivity index (χ1v) is 8.94. The summed E-state index contributed by atoms with van der Waals surface area (Å²) in [5, 5.41) is 0.777. The molecular weight excluding hydrogens is 350 g/mol. The van der Waals surface area contributed by atoms with Crippen molar-refractivity contribution in [2.45, 2.75) is 6.92 Å². The van der Waals surface area contributed by atoms with Crippen LogP contribution in [0.2, 0.25) is 0 Å². The van der Waals surface area contributed by atoms with Gasteiger partial charge in [0.25, 0.3) is 0 Å². The number of nitrogens with zero attached hydrogens (tertiary/aromatic N) is 1. The molecule has 0 unspecified atom stereocenters. The number of para-hydroxylation sites is 1. The van der Waals surface area contributed by atoms with Crippen LogP contribution in [0, 0.1) is 0 Å². The Morgan fingerprint density at radius 1 is 1.04 bits per heavy atom. The average Bonchev–Trinajstić information content (AvgIpc) is 3.17. The highest BCUT2D eigenvalue weighted by Crippen LogP contribution is 2.29. The minimum absolute atomic E-state index is 0.191. The Morgan fingerprint density at radius 3 is 2.54 bits per heavy atom. The maximum Gasteiger partial charge on any atom is 0.344 e. The Balaban J connectivity index is 1.80. The molecule has 2 aromatic carbocycles. The van der Waals surface area contributed by atoms with Crippen molar-refractivity contribution < 1.29 is 19.1 Å². The highest BCUT2D eigenvalue weighted by atomic mass is 32.1. The molecule has 0 amide bonds. The molecule has 0 aliphatic rings. The lowest BCUT2D eigenvalue weighted by molar-refractivity contribution is -0.145. The summed E-state index contributed by atoms with van der Waals surface area (Å²) in [5.74, 6) is -0.316. The van der Waals surface area contributed by atoms with Crippen LogP contribution in [-0.4, -0.2) is 30.0 Å². The van der Waals surface area contributed by atoms with E-state index in [1.54, 1.807) is 37.4 Å². The van der Waals surface area contributed by atoms with Crippen LogP contribution in [0.4, 0.5) is 0 Å². The fourth-order valence-electron chi connectivity index (χ4n) is 2.35. The highest BCUT2D eigenvalue weighted by molar-refractivity contribution is 7.17. The normalized spacial score (nSPS) is 10.3. The molecule has 0 bridgehead atoms. The zero-order valence-corrected chi connectivity index (χ0v) is 15.0. The van der Waals surface area contributed by atoms with Gasteiger partial charge in [0.15, 0.2) is 6.61 Å². The summed E-state index contributed by atoms with van der Waals surface area (Å²) in [6.07, 6.45) is 1.57. The number of ether oxygens (including phenoxy) is 2. The van der Waals surface area contributed by atoms with Gasteiger partial charge in [0, 0.05) is 11.8 Å². The van der Waals surface area contributed by atoms with Crippen LogP contribution in [0.1, 0.15) is 22.2 Å². The van der Waals surface area contributed by atoms with E-state index in [0.717, 1.165) is 10.6 Å². The number of rotatable bonds is 7. The molecule has 3 aromatic rings.